The van der Waals surface area contributed by atoms with Gasteiger partial charge in [0.2, 0.25) is 11.8 Å². The average Bonchev–Trinajstić information content (AvgIpc) is 2.88. The zero-order valence-corrected chi connectivity index (χ0v) is 20.9. The van der Waals surface area contributed by atoms with Crippen molar-refractivity contribution in [3.63, 3.8) is 0 Å². The molecule has 184 valence electrons. The second-order valence-corrected chi connectivity index (χ2v) is 8.99. The summed E-state index contributed by atoms with van der Waals surface area (Å²) in [4.78, 5) is 30.2. The largest absolute Gasteiger partial charge is 0.496 e. The van der Waals surface area contributed by atoms with Crippen LogP contribution >= 0.6 is 0 Å². The van der Waals surface area contributed by atoms with Crippen molar-refractivity contribution in [2.75, 3.05) is 24.8 Å². The van der Waals surface area contributed by atoms with E-state index in [1.807, 2.05) is 24.3 Å². The van der Waals surface area contributed by atoms with Gasteiger partial charge in [0, 0.05) is 25.0 Å². The van der Waals surface area contributed by atoms with E-state index in [1.54, 1.807) is 50.7 Å². The monoisotopic (exact) mass is 484 g/mol. The Hall–Kier alpha value is -4.53. The Morgan fingerprint density at radius 2 is 1.81 bits per heavy atom. The first-order valence-electron chi connectivity index (χ1n) is 11.4. The fourth-order valence-corrected chi connectivity index (χ4v) is 3.49. The van der Waals surface area contributed by atoms with E-state index in [2.05, 4.69) is 51.3 Å². The zero-order chi connectivity index (χ0) is 25.7. The van der Waals surface area contributed by atoms with Crippen LogP contribution in [0.5, 0.6) is 17.4 Å². The van der Waals surface area contributed by atoms with Crippen molar-refractivity contribution in [3.8, 4) is 28.8 Å². The van der Waals surface area contributed by atoms with Crippen LogP contribution in [0.4, 0.5) is 11.6 Å². The summed E-state index contributed by atoms with van der Waals surface area (Å²) in [5.41, 5.74) is 2.55. The van der Waals surface area contributed by atoms with Crippen molar-refractivity contribution >= 4 is 17.5 Å². The molecule has 0 atom stereocenters. The predicted octanol–water partition coefficient (Wildman–Crippen LogP) is 5.33. The molecule has 9 nitrogen and oxygen atoms in total. The number of rotatable bonds is 7. The molecule has 2 N–H and O–H groups in total. The lowest BCUT2D eigenvalue weighted by Crippen LogP contribution is -2.17. The van der Waals surface area contributed by atoms with Crippen LogP contribution in [0.3, 0.4) is 0 Å². The van der Waals surface area contributed by atoms with Gasteiger partial charge in [0.15, 0.2) is 5.82 Å². The SMILES string of the molecule is CNc1ncnc(-c2cccnc2Oc2cccc(NC(=O)c3cc(C(C)(C)C)ccc3OC)c2)n1. The molecule has 0 unspecified atom stereocenters. The van der Waals surface area contributed by atoms with Crippen LogP contribution in [0.25, 0.3) is 11.4 Å². The molecule has 0 saturated heterocycles. The Morgan fingerprint density at radius 1 is 0.972 bits per heavy atom. The highest BCUT2D eigenvalue weighted by molar-refractivity contribution is 6.06. The first-order chi connectivity index (χ1) is 17.3. The Bertz CT molecular complexity index is 1380. The summed E-state index contributed by atoms with van der Waals surface area (Å²) in [5.74, 6) is 1.90. The maximum Gasteiger partial charge on any atom is 0.259 e. The molecule has 1 amide bonds. The summed E-state index contributed by atoms with van der Waals surface area (Å²) < 4.78 is 11.5. The van der Waals surface area contributed by atoms with Gasteiger partial charge >= 0.3 is 0 Å². The number of nitrogens with one attached hydrogen (secondary N) is 2. The Morgan fingerprint density at radius 3 is 2.56 bits per heavy atom. The number of nitrogens with zero attached hydrogens (tertiary/aromatic N) is 4. The minimum atomic E-state index is -0.279. The topological polar surface area (TPSA) is 111 Å². The van der Waals surface area contributed by atoms with Crippen molar-refractivity contribution in [2.24, 2.45) is 0 Å². The van der Waals surface area contributed by atoms with Crippen molar-refractivity contribution in [1.82, 2.24) is 19.9 Å². The highest BCUT2D eigenvalue weighted by Crippen LogP contribution is 2.32. The van der Waals surface area contributed by atoms with Crippen LogP contribution in [0.2, 0.25) is 0 Å². The molecule has 0 saturated carbocycles. The number of carbonyl (C=O) groups excluding carboxylic acids is 1. The molecule has 0 aliphatic heterocycles. The molecule has 4 aromatic rings. The number of hydrogen-bond acceptors (Lipinski definition) is 8. The second-order valence-electron chi connectivity index (χ2n) is 8.99. The first kappa shape index (κ1) is 24.6. The minimum Gasteiger partial charge on any atom is -0.496 e. The predicted molar refractivity (Wildman–Crippen MR) is 139 cm³/mol. The first-order valence-corrected chi connectivity index (χ1v) is 11.4. The molecule has 0 aliphatic carbocycles. The van der Waals surface area contributed by atoms with Crippen LogP contribution in [0.1, 0.15) is 36.7 Å². The van der Waals surface area contributed by atoms with Crippen LogP contribution < -0.4 is 20.1 Å². The van der Waals surface area contributed by atoms with E-state index in [4.69, 9.17) is 9.47 Å². The molecule has 2 aromatic heterocycles. The number of pyridine rings is 1. The Kier molecular flexibility index (Phi) is 7.10. The summed E-state index contributed by atoms with van der Waals surface area (Å²) in [6.45, 7) is 6.29. The van der Waals surface area contributed by atoms with Gasteiger partial charge in [-0.05, 0) is 47.4 Å². The van der Waals surface area contributed by atoms with E-state index in [9.17, 15) is 4.79 Å². The molecule has 9 heteroatoms. The summed E-state index contributed by atoms with van der Waals surface area (Å²) in [6.07, 6.45) is 3.04. The third kappa shape index (κ3) is 5.57. The molecule has 2 aromatic carbocycles. The highest BCUT2D eigenvalue weighted by atomic mass is 16.5. The maximum absolute atomic E-state index is 13.2. The fourth-order valence-electron chi connectivity index (χ4n) is 3.49. The van der Waals surface area contributed by atoms with Gasteiger partial charge < -0.3 is 20.1 Å². The van der Waals surface area contributed by atoms with E-state index in [1.165, 1.54) is 6.33 Å². The average molecular weight is 485 g/mol. The van der Waals surface area contributed by atoms with Gasteiger partial charge in [-0.3, -0.25) is 4.79 Å². The third-order valence-corrected chi connectivity index (χ3v) is 5.42. The van der Waals surface area contributed by atoms with E-state index in [0.29, 0.717) is 46.0 Å². The molecule has 36 heavy (non-hydrogen) atoms. The quantitative estimate of drug-likeness (QED) is 0.362. The van der Waals surface area contributed by atoms with Crippen molar-refractivity contribution in [1.29, 1.82) is 0 Å². The summed E-state index contributed by atoms with van der Waals surface area (Å²) in [5, 5.41) is 5.83. The number of methoxy groups -OCH3 is 1. The number of carbonyl (C=O) groups is 1. The second kappa shape index (κ2) is 10.4. The number of hydrogen-bond donors (Lipinski definition) is 2. The van der Waals surface area contributed by atoms with Gasteiger partial charge in [-0.25, -0.2) is 15.0 Å². The van der Waals surface area contributed by atoms with Gasteiger partial charge in [0.25, 0.3) is 5.91 Å². The van der Waals surface area contributed by atoms with Crippen molar-refractivity contribution < 1.29 is 14.3 Å². The lowest BCUT2D eigenvalue weighted by atomic mass is 9.86. The number of aromatic nitrogens is 4. The van der Waals surface area contributed by atoms with Gasteiger partial charge in [-0.2, -0.15) is 4.98 Å². The number of benzene rings is 2. The van der Waals surface area contributed by atoms with E-state index in [0.717, 1.165) is 5.56 Å². The highest BCUT2D eigenvalue weighted by Gasteiger charge is 2.20. The molecule has 0 bridgehead atoms. The molecule has 0 aliphatic rings. The van der Waals surface area contributed by atoms with E-state index >= 15 is 0 Å². The fraction of sp³-hybridized carbons (Fsp3) is 0.222. The number of ether oxygens (including phenoxy) is 2. The van der Waals surface area contributed by atoms with Gasteiger partial charge in [0.05, 0.1) is 18.2 Å². The number of anilines is 2. The maximum atomic E-state index is 13.2. The van der Waals surface area contributed by atoms with Gasteiger partial charge in [-0.1, -0.05) is 32.9 Å². The molecule has 0 fully saturated rings. The van der Waals surface area contributed by atoms with Crippen LogP contribution in [0.15, 0.2) is 67.1 Å². The molecular formula is C27H28N6O3. The molecule has 2 heterocycles. The van der Waals surface area contributed by atoms with Gasteiger partial charge in [0.1, 0.15) is 17.8 Å². The third-order valence-electron chi connectivity index (χ3n) is 5.42. The van der Waals surface area contributed by atoms with Crippen LogP contribution in [-0.2, 0) is 5.41 Å². The molecular weight excluding hydrogens is 456 g/mol. The summed E-state index contributed by atoms with van der Waals surface area (Å²) >= 11 is 0. The smallest absolute Gasteiger partial charge is 0.259 e. The molecule has 0 spiro atoms. The normalized spacial score (nSPS) is 11.0. The van der Waals surface area contributed by atoms with Crippen molar-refractivity contribution in [3.05, 3.63) is 78.2 Å². The summed E-state index contributed by atoms with van der Waals surface area (Å²) in [6, 6.07) is 16.3. The minimum absolute atomic E-state index is 0.109. The number of amides is 1. The van der Waals surface area contributed by atoms with Crippen LogP contribution in [0, 0.1) is 0 Å². The van der Waals surface area contributed by atoms with Crippen LogP contribution in [-0.4, -0.2) is 40.0 Å². The van der Waals surface area contributed by atoms with Crippen molar-refractivity contribution in [2.45, 2.75) is 26.2 Å². The standard InChI is InChI=1S/C27H28N6O3/c1-27(2,3)17-11-12-22(35-5)21(14-17)24(34)32-18-8-6-9-19(15-18)36-25-20(10-7-13-29-25)23-30-16-31-26(28-4)33-23/h6-16H,1-5H3,(H,32,34)(H,28,30,31,33). The Labute approximate surface area is 210 Å². The Balaban J connectivity index is 1.58. The van der Waals surface area contributed by atoms with E-state index < -0.39 is 0 Å². The zero-order valence-electron chi connectivity index (χ0n) is 20.9. The lowest BCUT2D eigenvalue weighted by molar-refractivity contribution is 0.102. The van der Waals surface area contributed by atoms with E-state index in [-0.39, 0.29) is 11.3 Å². The molecule has 0 radical (unpaired) electrons. The van der Waals surface area contributed by atoms with Gasteiger partial charge in [-0.15, -0.1) is 0 Å². The summed E-state index contributed by atoms with van der Waals surface area (Å²) in [7, 11) is 3.28. The lowest BCUT2D eigenvalue weighted by Gasteiger charge is -2.21. The molecule has 4 rings (SSSR count).